The van der Waals surface area contributed by atoms with Crippen molar-refractivity contribution in [3.05, 3.63) is 0 Å². The average molecular weight is 217 g/mol. The third-order valence-corrected chi connectivity index (χ3v) is 5.91. The van der Waals surface area contributed by atoms with Crippen LogP contribution in [0, 0.1) is 5.92 Å². The van der Waals surface area contributed by atoms with Crippen molar-refractivity contribution in [1.82, 2.24) is 5.32 Å². The molecule has 0 bridgehead atoms. The molecule has 1 saturated heterocycles. The van der Waals surface area contributed by atoms with Gasteiger partial charge in [0.05, 0.1) is 11.0 Å². The van der Waals surface area contributed by atoms with Gasteiger partial charge in [0.2, 0.25) is 0 Å². The summed E-state index contributed by atoms with van der Waals surface area (Å²) in [4.78, 5) is 0. The Morgan fingerprint density at radius 2 is 1.71 bits per heavy atom. The SMILES string of the molecule is O=S(=O)(CC1CCC1)C1CCNCC1. The first-order valence-corrected chi connectivity index (χ1v) is 7.32. The van der Waals surface area contributed by atoms with E-state index >= 15 is 0 Å². The van der Waals surface area contributed by atoms with Crippen LogP contribution < -0.4 is 5.32 Å². The van der Waals surface area contributed by atoms with Crippen molar-refractivity contribution >= 4 is 9.84 Å². The Morgan fingerprint density at radius 1 is 1.07 bits per heavy atom. The number of rotatable bonds is 3. The summed E-state index contributed by atoms with van der Waals surface area (Å²) in [5, 5.41) is 3.15. The number of hydrogen-bond donors (Lipinski definition) is 1. The predicted octanol–water partition coefficient (Wildman–Crippen LogP) is 0.953. The predicted molar refractivity (Wildman–Crippen MR) is 57.0 cm³/mol. The summed E-state index contributed by atoms with van der Waals surface area (Å²) in [5.74, 6) is 0.937. The summed E-state index contributed by atoms with van der Waals surface area (Å²) in [6.45, 7) is 1.74. The van der Waals surface area contributed by atoms with Crippen LogP contribution in [0.3, 0.4) is 0 Å². The quantitative estimate of drug-likeness (QED) is 0.765. The molecule has 1 saturated carbocycles. The molecule has 0 amide bonds. The first-order chi connectivity index (χ1) is 6.68. The molecule has 0 unspecified atom stereocenters. The summed E-state index contributed by atoms with van der Waals surface area (Å²) in [5.41, 5.74) is 0. The molecular weight excluding hydrogens is 198 g/mol. The first-order valence-electron chi connectivity index (χ1n) is 5.61. The summed E-state index contributed by atoms with van der Waals surface area (Å²) < 4.78 is 23.9. The van der Waals surface area contributed by atoms with Crippen molar-refractivity contribution in [2.24, 2.45) is 5.92 Å². The normalized spacial score (nSPS) is 26.0. The van der Waals surface area contributed by atoms with E-state index in [1.165, 1.54) is 6.42 Å². The van der Waals surface area contributed by atoms with E-state index in [0.29, 0.717) is 11.7 Å². The van der Waals surface area contributed by atoms with E-state index in [4.69, 9.17) is 0 Å². The van der Waals surface area contributed by atoms with Crippen molar-refractivity contribution in [3.63, 3.8) is 0 Å². The topological polar surface area (TPSA) is 46.2 Å². The van der Waals surface area contributed by atoms with Gasteiger partial charge in [-0.3, -0.25) is 0 Å². The Bertz CT molecular complexity index is 276. The molecule has 14 heavy (non-hydrogen) atoms. The molecule has 0 spiro atoms. The van der Waals surface area contributed by atoms with Crippen LogP contribution >= 0.6 is 0 Å². The molecule has 0 aromatic carbocycles. The molecule has 0 atom stereocenters. The highest BCUT2D eigenvalue weighted by molar-refractivity contribution is 7.92. The van der Waals surface area contributed by atoms with Gasteiger partial charge >= 0.3 is 0 Å². The summed E-state index contributed by atoms with van der Waals surface area (Å²) >= 11 is 0. The maximum atomic E-state index is 12.0. The fourth-order valence-electron chi connectivity index (χ4n) is 2.28. The van der Waals surface area contributed by atoms with Crippen molar-refractivity contribution in [2.45, 2.75) is 37.4 Å². The van der Waals surface area contributed by atoms with Gasteiger partial charge in [0.1, 0.15) is 0 Å². The van der Waals surface area contributed by atoms with Gasteiger partial charge in [-0.1, -0.05) is 6.42 Å². The molecule has 4 heteroatoms. The Balaban J connectivity index is 1.91. The second kappa shape index (κ2) is 4.19. The standard InChI is InChI=1S/C10H19NO2S/c12-14(13,8-9-2-1-3-9)10-4-6-11-7-5-10/h9-11H,1-8H2. The summed E-state index contributed by atoms with van der Waals surface area (Å²) in [6, 6.07) is 0. The maximum Gasteiger partial charge on any atom is 0.153 e. The molecule has 1 aliphatic heterocycles. The number of hydrogen-bond acceptors (Lipinski definition) is 3. The molecule has 1 N–H and O–H groups in total. The van der Waals surface area contributed by atoms with Crippen LogP contribution in [-0.2, 0) is 9.84 Å². The van der Waals surface area contributed by atoms with Gasteiger partial charge in [-0.05, 0) is 44.7 Å². The molecule has 1 aliphatic carbocycles. The number of piperidine rings is 1. The van der Waals surface area contributed by atoms with Gasteiger partial charge < -0.3 is 5.32 Å². The second-order valence-corrected chi connectivity index (χ2v) is 6.90. The lowest BCUT2D eigenvalue weighted by molar-refractivity contribution is 0.345. The van der Waals surface area contributed by atoms with E-state index < -0.39 is 9.84 Å². The Hall–Kier alpha value is -0.0900. The van der Waals surface area contributed by atoms with Crippen LogP contribution in [0.5, 0.6) is 0 Å². The van der Waals surface area contributed by atoms with Crippen molar-refractivity contribution in [2.75, 3.05) is 18.8 Å². The first kappa shape index (κ1) is 10.4. The lowest BCUT2D eigenvalue weighted by atomic mass is 9.87. The largest absolute Gasteiger partial charge is 0.317 e. The number of sulfone groups is 1. The maximum absolute atomic E-state index is 12.0. The molecule has 3 nitrogen and oxygen atoms in total. The van der Waals surface area contributed by atoms with Crippen LogP contribution in [0.15, 0.2) is 0 Å². The van der Waals surface area contributed by atoms with Gasteiger partial charge in [0, 0.05) is 0 Å². The van der Waals surface area contributed by atoms with E-state index in [0.717, 1.165) is 38.8 Å². The highest BCUT2D eigenvalue weighted by Gasteiger charge is 2.31. The molecule has 0 radical (unpaired) electrons. The zero-order valence-electron chi connectivity index (χ0n) is 8.54. The fraction of sp³-hybridized carbons (Fsp3) is 1.00. The Labute approximate surface area is 86.2 Å². The lowest BCUT2D eigenvalue weighted by Gasteiger charge is -2.29. The lowest BCUT2D eigenvalue weighted by Crippen LogP contribution is -2.38. The Morgan fingerprint density at radius 3 is 2.21 bits per heavy atom. The van der Waals surface area contributed by atoms with Crippen molar-refractivity contribution < 1.29 is 8.42 Å². The summed E-state index contributed by atoms with van der Waals surface area (Å²) in [7, 11) is -2.78. The minimum absolute atomic E-state index is 0.0515. The van der Waals surface area contributed by atoms with Crippen molar-refractivity contribution in [1.29, 1.82) is 0 Å². The monoisotopic (exact) mass is 217 g/mol. The van der Waals surface area contributed by atoms with E-state index in [1.807, 2.05) is 0 Å². The van der Waals surface area contributed by atoms with Gasteiger partial charge in [-0.15, -0.1) is 0 Å². The molecule has 82 valence electrons. The molecule has 1 heterocycles. The second-order valence-electron chi connectivity index (χ2n) is 4.58. The summed E-state index contributed by atoms with van der Waals surface area (Å²) in [6.07, 6.45) is 5.12. The van der Waals surface area contributed by atoms with E-state index in [9.17, 15) is 8.42 Å². The van der Waals surface area contributed by atoms with Crippen LogP contribution in [0.1, 0.15) is 32.1 Å². The van der Waals surface area contributed by atoms with E-state index in [1.54, 1.807) is 0 Å². The highest BCUT2D eigenvalue weighted by atomic mass is 32.2. The van der Waals surface area contributed by atoms with Crippen LogP contribution in [0.2, 0.25) is 0 Å². The Kier molecular flexibility index (Phi) is 3.12. The van der Waals surface area contributed by atoms with Gasteiger partial charge in [0.15, 0.2) is 9.84 Å². The zero-order chi connectivity index (χ0) is 10.0. The molecule has 0 aromatic heterocycles. The fourth-order valence-corrected chi connectivity index (χ4v) is 4.50. The van der Waals surface area contributed by atoms with Crippen LogP contribution in [0.25, 0.3) is 0 Å². The molecule has 2 fully saturated rings. The zero-order valence-corrected chi connectivity index (χ0v) is 9.35. The van der Waals surface area contributed by atoms with Gasteiger partial charge in [-0.2, -0.15) is 0 Å². The highest BCUT2D eigenvalue weighted by Crippen LogP contribution is 2.29. The van der Waals surface area contributed by atoms with E-state index in [2.05, 4.69) is 5.32 Å². The van der Waals surface area contributed by atoms with Gasteiger partial charge in [0.25, 0.3) is 0 Å². The molecular formula is C10H19NO2S. The minimum Gasteiger partial charge on any atom is -0.317 e. The van der Waals surface area contributed by atoms with Crippen LogP contribution in [-0.4, -0.2) is 32.5 Å². The molecule has 2 rings (SSSR count). The third-order valence-electron chi connectivity index (χ3n) is 3.49. The van der Waals surface area contributed by atoms with Gasteiger partial charge in [-0.25, -0.2) is 8.42 Å². The smallest absolute Gasteiger partial charge is 0.153 e. The third kappa shape index (κ3) is 2.28. The average Bonchev–Trinajstić information content (AvgIpc) is 2.13. The minimum atomic E-state index is -2.78. The van der Waals surface area contributed by atoms with E-state index in [-0.39, 0.29) is 5.25 Å². The van der Waals surface area contributed by atoms with Crippen molar-refractivity contribution in [3.8, 4) is 0 Å². The van der Waals surface area contributed by atoms with Crippen LogP contribution in [0.4, 0.5) is 0 Å². The molecule has 2 aliphatic rings. The number of nitrogens with one attached hydrogen (secondary N) is 1. The molecule has 0 aromatic rings.